The monoisotopic (exact) mass is 324 g/mol. The Labute approximate surface area is 130 Å². The molecule has 3 rings (SSSR count). The number of hydrogen-bond donors (Lipinski definition) is 0. The molecular weight excluding hydrogens is 314 g/mol. The molecule has 0 fully saturated rings. The van der Waals surface area contributed by atoms with E-state index in [-0.39, 0.29) is 10.9 Å². The number of rotatable bonds is 3. The highest BCUT2D eigenvalue weighted by Crippen LogP contribution is 2.30. The fourth-order valence-corrected chi connectivity index (χ4v) is 2.59. The van der Waals surface area contributed by atoms with Crippen LogP contribution >= 0.6 is 23.2 Å². The zero-order chi connectivity index (χ0) is 15.0. The third-order valence-electron chi connectivity index (χ3n) is 3.22. The highest BCUT2D eigenvalue weighted by molar-refractivity contribution is 6.30. The van der Waals surface area contributed by atoms with E-state index >= 15 is 0 Å². The number of benzene rings is 2. The van der Waals surface area contributed by atoms with Crippen molar-refractivity contribution in [3.05, 3.63) is 53.1 Å². The molecule has 0 saturated carbocycles. The molecule has 0 aliphatic rings. The maximum atomic E-state index is 13.7. The molecule has 0 aliphatic carbocycles. The minimum atomic E-state index is -0.487. The van der Waals surface area contributed by atoms with Gasteiger partial charge in [0, 0.05) is 0 Å². The van der Waals surface area contributed by atoms with Crippen molar-refractivity contribution in [1.29, 1.82) is 0 Å². The number of halogens is 3. The summed E-state index contributed by atoms with van der Waals surface area (Å²) in [5, 5.41) is 0.0770. The molecule has 1 heterocycles. The molecule has 108 valence electrons. The minimum absolute atomic E-state index is 0.0770. The van der Waals surface area contributed by atoms with Crippen LogP contribution in [0.5, 0.6) is 5.75 Å². The largest absolute Gasteiger partial charge is 0.494 e. The number of aromatic nitrogens is 2. The number of fused-ring (bicyclic) bond motifs is 1. The van der Waals surface area contributed by atoms with E-state index in [1.165, 1.54) is 12.1 Å². The first-order chi connectivity index (χ1) is 10.2. The van der Waals surface area contributed by atoms with Crippen molar-refractivity contribution < 1.29 is 9.13 Å². The number of hydrogen-bond acceptors (Lipinski definition) is 2. The average molecular weight is 325 g/mol. The number of imidazole rings is 1. The van der Waals surface area contributed by atoms with E-state index in [4.69, 9.17) is 27.9 Å². The third-order valence-corrected chi connectivity index (χ3v) is 3.76. The lowest BCUT2D eigenvalue weighted by Gasteiger charge is -2.08. The quantitative estimate of drug-likeness (QED) is 0.660. The Morgan fingerprint density at radius 1 is 1.29 bits per heavy atom. The molecule has 6 heteroatoms. The number of alkyl halides is 1. The van der Waals surface area contributed by atoms with Crippen LogP contribution < -0.4 is 4.74 Å². The van der Waals surface area contributed by atoms with Gasteiger partial charge in [-0.2, -0.15) is 0 Å². The Balaban J connectivity index is 2.32. The maximum absolute atomic E-state index is 13.7. The summed E-state index contributed by atoms with van der Waals surface area (Å²) in [4.78, 5) is 4.48. The van der Waals surface area contributed by atoms with Gasteiger partial charge >= 0.3 is 0 Å². The molecule has 0 aliphatic heterocycles. The lowest BCUT2D eigenvalue weighted by Crippen LogP contribution is -1.99. The van der Waals surface area contributed by atoms with Crippen LogP contribution in [0, 0.1) is 5.82 Å². The third kappa shape index (κ3) is 2.34. The molecule has 0 N–H and O–H groups in total. The Hall–Kier alpha value is -1.78. The predicted octanol–water partition coefficient (Wildman–Crippen LogP) is 4.57. The fourth-order valence-electron chi connectivity index (χ4n) is 2.29. The molecule has 0 spiro atoms. The van der Waals surface area contributed by atoms with Crippen molar-refractivity contribution in [1.82, 2.24) is 9.55 Å². The zero-order valence-corrected chi connectivity index (χ0v) is 12.6. The van der Waals surface area contributed by atoms with E-state index in [2.05, 4.69) is 4.98 Å². The summed E-state index contributed by atoms with van der Waals surface area (Å²) >= 11 is 11.7. The van der Waals surface area contributed by atoms with Gasteiger partial charge in [0.15, 0.2) is 0 Å². The van der Waals surface area contributed by atoms with Crippen molar-refractivity contribution in [3.8, 4) is 11.4 Å². The van der Waals surface area contributed by atoms with Crippen LogP contribution in [0.25, 0.3) is 16.7 Å². The number of ether oxygens (including phenoxy) is 1. The van der Waals surface area contributed by atoms with Crippen LogP contribution in [0.15, 0.2) is 36.4 Å². The first-order valence-corrected chi connectivity index (χ1v) is 7.12. The van der Waals surface area contributed by atoms with Crippen LogP contribution in [0.1, 0.15) is 5.82 Å². The lowest BCUT2D eigenvalue weighted by atomic mass is 10.2. The van der Waals surface area contributed by atoms with Crippen molar-refractivity contribution in [2.24, 2.45) is 0 Å². The second-order valence-electron chi connectivity index (χ2n) is 4.42. The van der Waals surface area contributed by atoms with Crippen molar-refractivity contribution in [2.75, 3.05) is 7.11 Å². The predicted molar refractivity (Wildman–Crippen MR) is 82.1 cm³/mol. The fraction of sp³-hybridized carbons (Fsp3) is 0.133. The van der Waals surface area contributed by atoms with Crippen molar-refractivity contribution >= 4 is 34.2 Å². The summed E-state index contributed by atoms with van der Waals surface area (Å²) in [5.41, 5.74) is 2.10. The van der Waals surface area contributed by atoms with Crippen molar-refractivity contribution in [2.45, 2.75) is 5.88 Å². The molecule has 0 saturated heterocycles. The molecular formula is C15H11Cl2FN2O. The summed E-state index contributed by atoms with van der Waals surface area (Å²) < 4.78 is 20.8. The van der Waals surface area contributed by atoms with Gasteiger partial charge in [-0.25, -0.2) is 9.37 Å². The molecule has 0 amide bonds. The van der Waals surface area contributed by atoms with Gasteiger partial charge in [-0.3, -0.25) is 4.57 Å². The number of methoxy groups -OCH3 is 1. The number of para-hydroxylation sites is 1. The van der Waals surface area contributed by atoms with E-state index in [1.54, 1.807) is 17.7 Å². The van der Waals surface area contributed by atoms with Gasteiger partial charge in [-0.15, -0.1) is 11.6 Å². The van der Waals surface area contributed by atoms with E-state index in [9.17, 15) is 4.39 Å². The van der Waals surface area contributed by atoms with Gasteiger partial charge < -0.3 is 4.74 Å². The van der Waals surface area contributed by atoms with Gasteiger partial charge in [0.1, 0.15) is 22.9 Å². The summed E-state index contributed by atoms with van der Waals surface area (Å²) in [5.74, 6) is 0.964. The van der Waals surface area contributed by atoms with Crippen LogP contribution in [0.3, 0.4) is 0 Å². The molecule has 0 unspecified atom stereocenters. The van der Waals surface area contributed by atoms with E-state index in [1.807, 2.05) is 18.2 Å². The second kappa shape index (κ2) is 5.54. The Kier molecular flexibility index (Phi) is 3.74. The van der Waals surface area contributed by atoms with Gasteiger partial charge in [0.2, 0.25) is 0 Å². The van der Waals surface area contributed by atoms with Crippen LogP contribution in [-0.2, 0) is 5.88 Å². The van der Waals surface area contributed by atoms with Crippen molar-refractivity contribution in [3.63, 3.8) is 0 Å². The molecule has 2 aromatic carbocycles. The summed E-state index contributed by atoms with van der Waals surface area (Å²) in [6.45, 7) is 0. The molecule has 0 atom stereocenters. The van der Waals surface area contributed by atoms with Crippen LogP contribution in [-0.4, -0.2) is 16.7 Å². The Morgan fingerprint density at radius 3 is 2.76 bits per heavy atom. The highest BCUT2D eigenvalue weighted by atomic mass is 35.5. The highest BCUT2D eigenvalue weighted by Gasteiger charge is 2.15. The summed E-state index contributed by atoms with van der Waals surface area (Å²) in [6, 6.07) is 10.1. The van der Waals surface area contributed by atoms with Gasteiger partial charge in [-0.05, 0) is 30.3 Å². The molecule has 3 aromatic rings. The summed E-state index contributed by atoms with van der Waals surface area (Å²) in [7, 11) is 1.58. The molecule has 0 radical (unpaired) electrons. The SMILES string of the molecule is COc1cccc2c1nc(CCl)n2-c1ccc(Cl)c(F)c1. The second-order valence-corrected chi connectivity index (χ2v) is 5.10. The van der Waals surface area contributed by atoms with E-state index in [0.29, 0.717) is 22.8 Å². The lowest BCUT2D eigenvalue weighted by molar-refractivity contribution is 0.419. The van der Waals surface area contributed by atoms with Gasteiger partial charge in [0.05, 0.1) is 29.2 Å². The van der Waals surface area contributed by atoms with Crippen LogP contribution in [0.2, 0.25) is 5.02 Å². The van der Waals surface area contributed by atoms with Gasteiger partial charge in [0.25, 0.3) is 0 Å². The minimum Gasteiger partial charge on any atom is -0.494 e. The molecule has 1 aromatic heterocycles. The first kappa shape index (κ1) is 14.2. The standard InChI is InChI=1S/C15H11Cl2FN2O/c1-21-13-4-2-3-12-15(13)19-14(8-16)20(12)9-5-6-10(17)11(18)7-9/h2-7H,8H2,1H3. The first-order valence-electron chi connectivity index (χ1n) is 6.21. The Morgan fingerprint density at radius 2 is 2.10 bits per heavy atom. The molecule has 3 nitrogen and oxygen atoms in total. The van der Waals surface area contributed by atoms with Crippen LogP contribution in [0.4, 0.5) is 4.39 Å². The van der Waals surface area contributed by atoms with E-state index in [0.717, 1.165) is 5.52 Å². The van der Waals surface area contributed by atoms with E-state index < -0.39 is 5.82 Å². The maximum Gasteiger partial charge on any atom is 0.146 e. The smallest absolute Gasteiger partial charge is 0.146 e. The average Bonchev–Trinajstić information content (AvgIpc) is 2.88. The Bertz CT molecular complexity index is 817. The topological polar surface area (TPSA) is 27.1 Å². The zero-order valence-electron chi connectivity index (χ0n) is 11.1. The molecule has 0 bridgehead atoms. The summed E-state index contributed by atoms with van der Waals surface area (Å²) in [6.07, 6.45) is 0. The number of nitrogens with zero attached hydrogens (tertiary/aromatic N) is 2. The van der Waals surface area contributed by atoms with Gasteiger partial charge in [-0.1, -0.05) is 17.7 Å². The molecule has 21 heavy (non-hydrogen) atoms. The normalized spacial score (nSPS) is 11.0.